The predicted molar refractivity (Wildman–Crippen MR) is 114 cm³/mol. The standard InChI is InChI=1S/C20H23ClN2O5S/c1-3-28-19(26)16-12(2)15-17(25)22(10-11-24)20(27)23(18(15)29-16)9-8-13-6-4-5-7-14(13)21/h4-7,19,24,26H,3,8-11H2,1-2H3. The van der Waals surface area contributed by atoms with E-state index in [1.54, 1.807) is 19.9 Å². The van der Waals surface area contributed by atoms with Crippen molar-refractivity contribution in [3.05, 3.63) is 66.1 Å². The molecule has 3 rings (SSSR count). The molecule has 29 heavy (non-hydrogen) atoms. The summed E-state index contributed by atoms with van der Waals surface area (Å²) in [6.07, 6.45) is -0.679. The maximum absolute atomic E-state index is 13.0. The number of thiophene rings is 1. The summed E-state index contributed by atoms with van der Waals surface area (Å²) in [6.45, 7) is 3.67. The molecule has 1 aromatic carbocycles. The maximum Gasteiger partial charge on any atom is 0.332 e. The van der Waals surface area contributed by atoms with E-state index in [0.717, 1.165) is 10.1 Å². The minimum Gasteiger partial charge on any atom is -0.395 e. The van der Waals surface area contributed by atoms with Crippen LogP contribution in [0.25, 0.3) is 10.2 Å². The normalized spacial score (nSPS) is 12.6. The maximum atomic E-state index is 13.0. The van der Waals surface area contributed by atoms with Crippen LogP contribution in [0, 0.1) is 6.92 Å². The molecule has 0 spiro atoms. The Morgan fingerprint density at radius 1 is 1.21 bits per heavy atom. The number of halogens is 1. The highest BCUT2D eigenvalue weighted by Gasteiger charge is 2.23. The van der Waals surface area contributed by atoms with Crippen LogP contribution in [0.4, 0.5) is 0 Å². The van der Waals surface area contributed by atoms with Crippen LogP contribution in [0.5, 0.6) is 0 Å². The van der Waals surface area contributed by atoms with Crippen molar-refractivity contribution in [1.29, 1.82) is 0 Å². The van der Waals surface area contributed by atoms with Crippen molar-refractivity contribution < 1.29 is 14.9 Å². The first-order valence-corrected chi connectivity index (χ1v) is 10.5. The molecule has 0 saturated heterocycles. The van der Waals surface area contributed by atoms with E-state index in [9.17, 15) is 19.8 Å². The number of benzene rings is 1. The lowest BCUT2D eigenvalue weighted by atomic mass is 10.1. The zero-order chi connectivity index (χ0) is 21.1. The van der Waals surface area contributed by atoms with E-state index in [2.05, 4.69) is 0 Å². The third-order valence-electron chi connectivity index (χ3n) is 4.77. The number of rotatable bonds is 8. The van der Waals surface area contributed by atoms with E-state index in [-0.39, 0.29) is 13.2 Å². The number of ether oxygens (including phenoxy) is 1. The number of aryl methyl sites for hydroxylation is 3. The summed E-state index contributed by atoms with van der Waals surface area (Å²) in [4.78, 5) is 26.9. The van der Waals surface area contributed by atoms with Gasteiger partial charge in [-0.1, -0.05) is 29.8 Å². The third kappa shape index (κ3) is 4.17. The average Bonchev–Trinajstić information content (AvgIpc) is 3.04. The molecule has 9 heteroatoms. The topological polar surface area (TPSA) is 93.7 Å². The molecule has 3 aromatic rings. The summed E-state index contributed by atoms with van der Waals surface area (Å²) in [5.74, 6) is 0. The van der Waals surface area contributed by atoms with Crippen molar-refractivity contribution >= 4 is 33.2 Å². The van der Waals surface area contributed by atoms with Gasteiger partial charge in [-0.15, -0.1) is 11.3 Å². The van der Waals surface area contributed by atoms with Crippen LogP contribution in [0.1, 0.15) is 29.2 Å². The SMILES string of the molecule is CCOC(O)c1sc2c(c1C)c(=O)n(CCO)c(=O)n2CCc1ccccc1Cl. The fraction of sp³-hybridized carbons (Fsp3) is 0.400. The number of nitrogens with zero attached hydrogens (tertiary/aromatic N) is 2. The van der Waals surface area contributed by atoms with Crippen LogP contribution >= 0.6 is 22.9 Å². The summed E-state index contributed by atoms with van der Waals surface area (Å²) in [5.41, 5.74) is 0.491. The summed E-state index contributed by atoms with van der Waals surface area (Å²) >= 11 is 7.41. The zero-order valence-corrected chi connectivity index (χ0v) is 17.8. The van der Waals surface area contributed by atoms with Gasteiger partial charge in [0.25, 0.3) is 5.56 Å². The lowest BCUT2D eigenvalue weighted by Gasteiger charge is -2.12. The molecule has 2 aromatic heterocycles. The molecule has 0 radical (unpaired) electrons. The van der Waals surface area contributed by atoms with Gasteiger partial charge in [0.2, 0.25) is 0 Å². The first-order valence-electron chi connectivity index (χ1n) is 9.31. The smallest absolute Gasteiger partial charge is 0.332 e. The first-order chi connectivity index (χ1) is 13.9. The molecule has 2 N–H and O–H groups in total. The molecule has 0 aliphatic heterocycles. The van der Waals surface area contributed by atoms with Crippen LogP contribution in [-0.2, 0) is 24.2 Å². The number of aliphatic hydroxyl groups excluding tert-OH is 2. The quantitative estimate of drug-likeness (QED) is 0.527. The number of aliphatic hydroxyl groups is 2. The van der Waals surface area contributed by atoms with Crippen molar-refractivity contribution in [2.75, 3.05) is 13.2 Å². The fourth-order valence-corrected chi connectivity index (χ4v) is 4.79. The lowest BCUT2D eigenvalue weighted by Crippen LogP contribution is -2.40. The van der Waals surface area contributed by atoms with Crippen molar-refractivity contribution in [2.24, 2.45) is 0 Å². The van der Waals surface area contributed by atoms with Gasteiger partial charge in [0.15, 0.2) is 6.29 Å². The zero-order valence-electron chi connectivity index (χ0n) is 16.2. The number of aromatic nitrogens is 2. The lowest BCUT2D eigenvalue weighted by molar-refractivity contribution is -0.0958. The molecular weight excluding hydrogens is 416 g/mol. The Morgan fingerprint density at radius 3 is 2.59 bits per heavy atom. The van der Waals surface area contributed by atoms with Gasteiger partial charge >= 0.3 is 5.69 Å². The Kier molecular flexibility index (Phi) is 6.92. The number of hydrogen-bond donors (Lipinski definition) is 2. The molecule has 0 aliphatic rings. The molecule has 0 fully saturated rings. The molecular formula is C20H23ClN2O5S. The minimum absolute atomic E-state index is 0.0989. The van der Waals surface area contributed by atoms with E-state index in [0.29, 0.717) is 45.3 Å². The average molecular weight is 439 g/mol. The van der Waals surface area contributed by atoms with Gasteiger partial charge in [-0.05, 0) is 37.5 Å². The molecule has 1 unspecified atom stereocenters. The van der Waals surface area contributed by atoms with Gasteiger partial charge in [0, 0.05) is 18.2 Å². The Balaban J connectivity index is 2.18. The van der Waals surface area contributed by atoms with Crippen LogP contribution in [0.2, 0.25) is 5.02 Å². The van der Waals surface area contributed by atoms with E-state index < -0.39 is 17.5 Å². The van der Waals surface area contributed by atoms with Gasteiger partial charge in [-0.3, -0.25) is 13.9 Å². The van der Waals surface area contributed by atoms with E-state index in [1.807, 2.05) is 18.2 Å². The number of fused-ring (bicyclic) bond motifs is 1. The summed E-state index contributed by atoms with van der Waals surface area (Å²) < 4.78 is 7.83. The van der Waals surface area contributed by atoms with Crippen LogP contribution in [0.15, 0.2) is 33.9 Å². The third-order valence-corrected chi connectivity index (χ3v) is 6.48. The number of hydrogen-bond acceptors (Lipinski definition) is 6. The molecule has 2 heterocycles. The first kappa shape index (κ1) is 21.7. The molecule has 156 valence electrons. The van der Waals surface area contributed by atoms with E-state index in [4.69, 9.17) is 16.3 Å². The second-order valence-corrected chi connectivity index (χ2v) is 7.97. The molecule has 0 amide bonds. The van der Waals surface area contributed by atoms with Gasteiger partial charge < -0.3 is 14.9 Å². The Hall–Kier alpha value is -1.97. The van der Waals surface area contributed by atoms with Crippen molar-refractivity contribution in [3.8, 4) is 0 Å². The molecule has 0 aliphatic carbocycles. The highest BCUT2D eigenvalue weighted by atomic mass is 35.5. The molecule has 0 bridgehead atoms. The monoisotopic (exact) mass is 438 g/mol. The Morgan fingerprint density at radius 2 is 1.93 bits per heavy atom. The summed E-state index contributed by atoms with van der Waals surface area (Å²) in [7, 11) is 0. The minimum atomic E-state index is -1.17. The summed E-state index contributed by atoms with van der Waals surface area (Å²) in [5, 5.41) is 20.6. The highest BCUT2D eigenvalue weighted by molar-refractivity contribution is 7.19. The Bertz CT molecular complexity index is 1130. The fourth-order valence-electron chi connectivity index (χ4n) is 3.31. The van der Waals surface area contributed by atoms with Crippen molar-refractivity contribution in [2.45, 2.75) is 39.6 Å². The van der Waals surface area contributed by atoms with Gasteiger partial charge in [0.1, 0.15) is 4.83 Å². The largest absolute Gasteiger partial charge is 0.395 e. The highest BCUT2D eigenvalue weighted by Crippen LogP contribution is 2.33. The van der Waals surface area contributed by atoms with Gasteiger partial charge in [-0.25, -0.2) is 4.79 Å². The van der Waals surface area contributed by atoms with Crippen LogP contribution in [0.3, 0.4) is 0 Å². The summed E-state index contributed by atoms with van der Waals surface area (Å²) in [6, 6.07) is 7.38. The Labute approximate surface area is 176 Å². The molecule has 7 nitrogen and oxygen atoms in total. The van der Waals surface area contributed by atoms with Crippen molar-refractivity contribution in [3.63, 3.8) is 0 Å². The van der Waals surface area contributed by atoms with Gasteiger partial charge in [0.05, 0.1) is 23.4 Å². The predicted octanol–water partition coefficient (Wildman–Crippen LogP) is 2.45. The molecule has 1 atom stereocenters. The van der Waals surface area contributed by atoms with E-state index in [1.165, 1.54) is 15.9 Å². The second kappa shape index (κ2) is 9.23. The molecule has 0 saturated carbocycles. The van der Waals surface area contributed by atoms with E-state index >= 15 is 0 Å². The second-order valence-electron chi connectivity index (χ2n) is 6.54. The van der Waals surface area contributed by atoms with Gasteiger partial charge in [-0.2, -0.15) is 0 Å². The van der Waals surface area contributed by atoms with Crippen molar-refractivity contribution in [1.82, 2.24) is 9.13 Å². The van der Waals surface area contributed by atoms with Crippen LogP contribution < -0.4 is 11.2 Å². The van der Waals surface area contributed by atoms with Crippen LogP contribution in [-0.4, -0.2) is 32.6 Å².